The lowest BCUT2D eigenvalue weighted by atomic mass is 10.0. The van der Waals surface area contributed by atoms with Gasteiger partial charge in [0.2, 0.25) is 0 Å². The molecule has 1 unspecified atom stereocenters. The van der Waals surface area contributed by atoms with Crippen LogP contribution >= 0.6 is 27.7 Å². The smallest absolute Gasteiger partial charge is 0.162 e. The van der Waals surface area contributed by atoms with Gasteiger partial charge in [-0.1, -0.05) is 28.1 Å². The van der Waals surface area contributed by atoms with Crippen molar-refractivity contribution in [3.63, 3.8) is 0 Å². The molecule has 1 atom stereocenters. The second-order valence-electron chi connectivity index (χ2n) is 4.69. The van der Waals surface area contributed by atoms with Crippen LogP contribution in [-0.2, 0) is 0 Å². The van der Waals surface area contributed by atoms with Gasteiger partial charge < -0.3 is 14.6 Å². The van der Waals surface area contributed by atoms with E-state index in [1.807, 2.05) is 42.7 Å². The second-order valence-corrected chi connectivity index (χ2v) is 6.43. The fraction of sp³-hybridized carbons (Fsp3) is 0.250. The maximum absolute atomic E-state index is 10.6. The Bertz CT molecular complexity index is 643. The van der Waals surface area contributed by atoms with E-state index >= 15 is 0 Å². The summed E-state index contributed by atoms with van der Waals surface area (Å²) in [5.41, 5.74) is 1.63. The van der Waals surface area contributed by atoms with Gasteiger partial charge in [0, 0.05) is 14.9 Å². The zero-order chi connectivity index (χ0) is 14.8. The number of halogens is 1. The lowest BCUT2D eigenvalue weighted by molar-refractivity contribution is 0.169. The van der Waals surface area contributed by atoms with Crippen LogP contribution < -0.4 is 9.47 Å². The highest BCUT2D eigenvalue weighted by atomic mass is 79.9. The molecule has 0 radical (unpaired) electrons. The maximum Gasteiger partial charge on any atom is 0.162 e. The Hall–Kier alpha value is -1.17. The molecule has 21 heavy (non-hydrogen) atoms. The van der Waals surface area contributed by atoms with Gasteiger partial charge in [-0.2, -0.15) is 0 Å². The van der Waals surface area contributed by atoms with Crippen molar-refractivity contribution in [2.45, 2.75) is 11.0 Å². The quantitative estimate of drug-likeness (QED) is 0.832. The zero-order valence-corrected chi connectivity index (χ0v) is 13.9. The van der Waals surface area contributed by atoms with Crippen LogP contribution in [0.3, 0.4) is 0 Å². The van der Waals surface area contributed by atoms with Crippen molar-refractivity contribution >= 4 is 27.7 Å². The minimum absolute atomic E-state index is 0.534. The molecule has 0 fully saturated rings. The summed E-state index contributed by atoms with van der Waals surface area (Å²) in [5, 5.41) is 10.6. The first kappa shape index (κ1) is 14.8. The lowest BCUT2D eigenvalue weighted by Crippen LogP contribution is -2.16. The Morgan fingerprint density at radius 1 is 1.10 bits per heavy atom. The Labute approximate surface area is 136 Å². The van der Waals surface area contributed by atoms with E-state index in [0.717, 1.165) is 15.6 Å². The number of thioether (sulfide) groups is 1. The lowest BCUT2D eigenvalue weighted by Gasteiger charge is -2.21. The molecule has 0 bridgehead atoms. The number of hydrogen-bond acceptors (Lipinski definition) is 4. The van der Waals surface area contributed by atoms with Crippen molar-refractivity contribution in [3.05, 3.63) is 52.0 Å². The fourth-order valence-corrected chi connectivity index (χ4v) is 3.20. The standard InChI is InChI=1S/C16H15BrO3S/c1-21-11-4-2-10(3-5-11)16(18)12-8-14-15(9-13(12)17)20-7-6-19-14/h2-5,8-9,16,18H,6-7H2,1H3. The summed E-state index contributed by atoms with van der Waals surface area (Å²) in [7, 11) is 0. The molecule has 1 heterocycles. The SMILES string of the molecule is CSc1ccc(C(O)c2cc3c(cc2Br)OCCO3)cc1. The van der Waals surface area contributed by atoms with Gasteiger partial charge in [0.15, 0.2) is 11.5 Å². The molecule has 1 aliphatic heterocycles. The summed E-state index contributed by atoms with van der Waals surface area (Å²) in [6.45, 7) is 1.09. The predicted octanol–water partition coefficient (Wildman–Crippen LogP) is 4.02. The molecule has 0 amide bonds. The van der Waals surface area contributed by atoms with Gasteiger partial charge in [-0.25, -0.2) is 0 Å². The number of rotatable bonds is 3. The molecule has 2 aromatic rings. The van der Waals surface area contributed by atoms with Gasteiger partial charge in [0.05, 0.1) is 0 Å². The highest BCUT2D eigenvalue weighted by Crippen LogP contribution is 2.39. The van der Waals surface area contributed by atoms with E-state index in [1.54, 1.807) is 11.8 Å². The Balaban J connectivity index is 1.94. The van der Waals surface area contributed by atoms with E-state index in [4.69, 9.17) is 9.47 Å². The average molecular weight is 367 g/mol. The summed E-state index contributed by atoms with van der Waals surface area (Å²) < 4.78 is 11.9. The van der Waals surface area contributed by atoms with Gasteiger partial charge in [-0.3, -0.25) is 0 Å². The molecule has 1 N–H and O–H groups in total. The van der Waals surface area contributed by atoms with Crippen molar-refractivity contribution in [2.24, 2.45) is 0 Å². The van der Waals surface area contributed by atoms with E-state index in [9.17, 15) is 5.11 Å². The molecule has 0 aliphatic carbocycles. The molecule has 3 nitrogen and oxygen atoms in total. The number of aliphatic hydroxyl groups excluding tert-OH is 1. The molecular formula is C16H15BrO3S. The third-order valence-corrected chi connectivity index (χ3v) is 4.82. The van der Waals surface area contributed by atoms with E-state index in [0.29, 0.717) is 24.7 Å². The second kappa shape index (κ2) is 6.30. The number of benzene rings is 2. The average Bonchev–Trinajstić information content (AvgIpc) is 2.53. The monoisotopic (exact) mass is 366 g/mol. The highest BCUT2D eigenvalue weighted by Gasteiger charge is 2.20. The van der Waals surface area contributed by atoms with Gasteiger partial charge in [0.1, 0.15) is 19.3 Å². The number of aliphatic hydroxyl groups is 1. The van der Waals surface area contributed by atoms with Crippen LogP contribution in [-0.4, -0.2) is 24.6 Å². The van der Waals surface area contributed by atoms with Crippen LogP contribution in [0.5, 0.6) is 11.5 Å². The van der Waals surface area contributed by atoms with E-state index in [-0.39, 0.29) is 0 Å². The van der Waals surface area contributed by atoms with Crippen LogP contribution in [0.25, 0.3) is 0 Å². The first-order valence-corrected chi connectivity index (χ1v) is 8.62. The number of fused-ring (bicyclic) bond motifs is 1. The van der Waals surface area contributed by atoms with Crippen LogP contribution in [0.15, 0.2) is 45.8 Å². The Morgan fingerprint density at radius 2 is 1.71 bits per heavy atom. The molecule has 3 rings (SSSR count). The Morgan fingerprint density at radius 3 is 2.33 bits per heavy atom. The summed E-state index contributed by atoms with van der Waals surface area (Å²) in [6.07, 6.45) is 1.33. The molecule has 0 saturated heterocycles. The van der Waals surface area contributed by atoms with Gasteiger partial charge in [-0.05, 0) is 36.1 Å². The largest absolute Gasteiger partial charge is 0.486 e. The first-order chi connectivity index (χ1) is 10.2. The van der Waals surface area contributed by atoms with Crippen molar-refractivity contribution in [3.8, 4) is 11.5 Å². The number of hydrogen-bond donors (Lipinski definition) is 1. The van der Waals surface area contributed by atoms with Crippen molar-refractivity contribution in [2.75, 3.05) is 19.5 Å². The summed E-state index contributed by atoms with van der Waals surface area (Å²) in [5.74, 6) is 1.39. The van der Waals surface area contributed by atoms with Crippen LogP contribution in [0.4, 0.5) is 0 Å². The van der Waals surface area contributed by atoms with Crippen molar-refractivity contribution < 1.29 is 14.6 Å². The van der Waals surface area contributed by atoms with E-state index in [2.05, 4.69) is 15.9 Å². The van der Waals surface area contributed by atoms with Gasteiger partial charge in [0.25, 0.3) is 0 Å². The predicted molar refractivity (Wildman–Crippen MR) is 87.4 cm³/mol. The summed E-state index contributed by atoms with van der Waals surface area (Å²) in [4.78, 5) is 1.17. The molecule has 5 heteroatoms. The minimum Gasteiger partial charge on any atom is -0.486 e. The van der Waals surface area contributed by atoms with E-state index in [1.165, 1.54) is 4.90 Å². The molecule has 0 spiro atoms. The molecule has 2 aromatic carbocycles. The van der Waals surface area contributed by atoms with Gasteiger partial charge >= 0.3 is 0 Å². The minimum atomic E-state index is -0.703. The normalized spacial score (nSPS) is 14.8. The molecule has 1 aliphatic rings. The van der Waals surface area contributed by atoms with E-state index < -0.39 is 6.10 Å². The molecule has 110 valence electrons. The zero-order valence-electron chi connectivity index (χ0n) is 11.5. The topological polar surface area (TPSA) is 38.7 Å². The molecule has 0 aromatic heterocycles. The van der Waals surface area contributed by atoms with Crippen LogP contribution in [0, 0.1) is 0 Å². The third-order valence-electron chi connectivity index (χ3n) is 3.39. The highest BCUT2D eigenvalue weighted by molar-refractivity contribution is 9.10. The van der Waals surface area contributed by atoms with Gasteiger partial charge in [-0.15, -0.1) is 11.8 Å². The third kappa shape index (κ3) is 3.05. The fourth-order valence-electron chi connectivity index (χ4n) is 2.26. The Kier molecular flexibility index (Phi) is 4.42. The van der Waals surface area contributed by atoms with Crippen molar-refractivity contribution in [1.82, 2.24) is 0 Å². The summed E-state index contributed by atoms with van der Waals surface area (Å²) >= 11 is 5.18. The van der Waals surface area contributed by atoms with Crippen LogP contribution in [0.2, 0.25) is 0 Å². The number of ether oxygens (including phenoxy) is 2. The molecule has 0 saturated carbocycles. The first-order valence-electron chi connectivity index (χ1n) is 6.60. The summed E-state index contributed by atoms with van der Waals surface area (Å²) in [6, 6.07) is 11.6. The van der Waals surface area contributed by atoms with Crippen molar-refractivity contribution in [1.29, 1.82) is 0 Å². The maximum atomic E-state index is 10.6. The molecular weight excluding hydrogens is 352 g/mol. The van der Waals surface area contributed by atoms with Crippen LogP contribution in [0.1, 0.15) is 17.2 Å².